The third-order valence-corrected chi connectivity index (χ3v) is 4.88. The Hall–Kier alpha value is -2.85. The second-order valence-corrected chi connectivity index (χ2v) is 6.63. The second-order valence-electron chi connectivity index (χ2n) is 6.63. The Kier molecular flexibility index (Phi) is 4.59. The number of aromatic nitrogens is 1. The molecule has 1 N–H and O–H groups in total. The number of nitrogens with one attached hydrogen (secondary N) is 1. The molecular formula is C22H23N3O. The highest BCUT2D eigenvalue weighted by Gasteiger charge is 2.25. The maximum atomic E-state index is 13.3. The summed E-state index contributed by atoms with van der Waals surface area (Å²) in [5, 5.41) is 3.31. The molecule has 26 heavy (non-hydrogen) atoms. The fraction of sp³-hybridized carbons (Fsp3) is 0.227. The fourth-order valence-electron chi connectivity index (χ4n) is 3.63. The molecule has 1 aliphatic rings. The van der Waals surface area contributed by atoms with Gasteiger partial charge in [-0.25, -0.2) is 0 Å². The van der Waals surface area contributed by atoms with Gasteiger partial charge in [0, 0.05) is 37.6 Å². The smallest absolute Gasteiger partial charge is 0.256 e. The molecule has 132 valence electrons. The Morgan fingerprint density at radius 2 is 1.54 bits per heavy atom. The summed E-state index contributed by atoms with van der Waals surface area (Å²) in [5.74, 6) is 0.114. The number of benzene rings is 2. The molecule has 3 aromatic rings. The molecule has 1 amide bonds. The summed E-state index contributed by atoms with van der Waals surface area (Å²) in [4.78, 5) is 15.2. The molecule has 0 aliphatic carbocycles. The first kappa shape index (κ1) is 16.6. The molecule has 1 saturated heterocycles. The van der Waals surface area contributed by atoms with Crippen LogP contribution in [0.2, 0.25) is 0 Å². The van der Waals surface area contributed by atoms with Crippen molar-refractivity contribution in [3.05, 3.63) is 78.0 Å². The number of amides is 1. The van der Waals surface area contributed by atoms with E-state index in [0.717, 1.165) is 54.4 Å². The van der Waals surface area contributed by atoms with E-state index < -0.39 is 0 Å². The lowest BCUT2D eigenvalue weighted by Gasteiger charge is -2.27. The van der Waals surface area contributed by atoms with Gasteiger partial charge in [-0.05, 0) is 30.7 Å². The van der Waals surface area contributed by atoms with Crippen LogP contribution in [0.15, 0.2) is 66.7 Å². The van der Waals surface area contributed by atoms with Crippen LogP contribution in [-0.2, 0) is 0 Å². The van der Waals surface area contributed by atoms with Crippen LogP contribution in [0.4, 0.5) is 0 Å². The lowest BCUT2D eigenvalue weighted by molar-refractivity contribution is 0.0736. The van der Waals surface area contributed by atoms with Crippen molar-refractivity contribution >= 4 is 5.91 Å². The molecule has 0 atom stereocenters. The molecule has 4 heteroatoms. The van der Waals surface area contributed by atoms with E-state index in [-0.39, 0.29) is 5.91 Å². The SMILES string of the molecule is Cc1cc(C(=O)N2CCNCC2)c(-c2ccccc2)n1-c1ccccc1. The molecule has 1 aliphatic heterocycles. The third-order valence-electron chi connectivity index (χ3n) is 4.88. The Balaban J connectivity index is 1.88. The zero-order valence-corrected chi connectivity index (χ0v) is 15.0. The van der Waals surface area contributed by atoms with Gasteiger partial charge in [-0.2, -0.15) is 0 Å². The average Bonchev–Trinajstić information content (AvgIpc) is 3.06. The van der Waals surface area contributed by atoms with Crippen molar-refractivity contribution in [1.29, 1.82) is 0 Å². The minimum Gasteiger partial charge on any atom is -0.336 e. The van der Waals surface area contributed by atoms with E-state index in [1.807, 2.05) is 47.4 Å². The zero-order valence-electron chi connectivity index (χ0n) is 15.0. The largest absolute Gasteiger partial charge is 0.336 e. The lowest BCUT2D eigenvalue weighted by Crippen LogP contribution is -2.46. The number of carbonyl (C=O) groups is 1. The Morgan fingerprint density at radius 1 is 0.923 bits per heavy atom. The minimum absolute atomic E-state index is 0.114. The van der Waals surface area contributed by atoms with Gasteiger partial charge in [0.15, 0.2) is 0 Å². The molecule has 0 unspecified atom stereocenters. The summed E-state index contributed by atoms with van der Waals surface area (Å²) in [5.41, 5.74) is 4.94. The van der Waals surface area contributed by atoms with Crippen LogP contribution in [0.5, 0.6) is 0 Å². The minimum atomic E-state index is 0.114. The van der Waals surface area contributed by atoms with Gasteiger partial charge >= 0.3 is 0 Å². The summed E-state index contributed by atoms with van der Waals surface area (Å²) >= 11 is 0. The topological polar surface area (TPSA) is 37.3 Å². The molecule has 4 nitrogen and oxygen atoms in total. The molecule has 0 radical (unpaired) electrons. The number of hydrogen-bond donors (Lipinski definition) is 1. The number of para-hydroxylation sites is 1. The molecule has 2 heterocycles. The predicted molar refractivity (Wildman–Crippen MR) is 105 cm³/mol. The number of carbonyl (C=O) groups excluding carboxylic acids is 1. The van der Waals surface area contributed by atoms with Crippen molar-refractivity contribution in [3.8, 4) is 16.9 Å². The van der Waals surface area contributed by atoms with Crippen LogP contribution in [0.25, 0.3) is 16.9 Å². The second kappa shape index (κ2) is 7.18. The van der Waals surface area contributed by atoms with Crippen molar-refractivity contribution in [3.63, 3.8) is 0 Å². The number of rotatable bonds is 3. The van der Waals surface area contributed by atoms with Crippen molar-refractivity contribution < 1.29 is 4.79 Å². The molecule has 0 spiro atoms. The van der Waals surface area contributed by atoms with Crippen LogP contribution in [0.1, 0.15) is 16.1 Å². The first-order valence-corrected chi connectivity index (χ1v) is 9.09. The average molecular weight is 345 g/mol. The fourth-order valence-corrected chi connectivity index (χ4v) is 3.63. The standard InChI is InChI=1S/C22H23N3O/c1-17-16-20(22(26)24-14-12-23-13-15-24)21(18-8-4-2-5-9-18)25(17)19-10-6-3-7-11-19/h2-11,16,23H,12-15H2,1H3. The molecular weight excluding hydrogens is 322 g/mol. The normalized spacial score (nSPS) is 14.4. The quantitative estimate of drug-likeness (QED) is 0.789. The van der Waals surface area contributed by atoms with Crippen molar-refractivity contribution in [1.82, 2.24) is 14.8 Å². The highest BCUT2D eigenvalue weighted by atomic mass is 16.2. The first-order chi connectivity index (χ1) is 12.8. The van der Waals surface area contributed by atoms with E-state index in [4.69, 9.17) is 0 Å². The number of hydrogen-bond acceptors (Lipinski definition) is 2. The maximum Gasteiger partial charge on any atom is 0.256 e. The lowest BCUT2D eigenvalue weighted by atomic mass is 10.1. The van der Waals surface area contributed by atoms with Crippen LogP contribution in [-0.4, -0.2) is 41.6 Å². The summed E-state index contributed by atoms with van der Waals surface area (Å²) < 4.78 is 2.19. The molecule has 4 rings (SSSR count). The van der Waals surface area contributed by atoms with Crippen LogP contribution < -0.4 is 5.32 Å². The first-order valence-electron chi connectivity index (χ1n) is 9.09. The number of piperazine rings is 1. The van der Waals surface area contributed by atoms with Crippen molar-refractivity contribution in [2.24, 2.45) is 0 Å². The highest BCUT2D eigenvalue weighted by Crippen LogP contribution is 2.31. The Bertz CT molecular complexity index is 894. The summed E-state index contributed by atoms with van der Waals surface area (Å²) in [7, 11) is 0. The highest BCUT2D eigenvalue weighted by molar-refractivity contribution is 6.01. The van der Waals surface area contributed by atoms with E-state index in [1.54, 1.807) is 0 Å². The number of nitrogens with zero attached hydrogens (tertiary/aromatic N) is 2. The zero-order chi connectivity index (χ0) is 17.9. The molecule has 0 saturated carbocycles. The predicted octanol–water partition coefficient (Wildman–Crippen LogP) is 3.50. The number of aryl methyl sites for hydroxylation is 1. The van der Waals surface area contributed by atoms with E-state index in [9.17, 15) is 4.79 Å². The van der Waals surface area contributed by atoms with Gasteiger partial charge in [0.05, 0.1) is 11.3 Å². The van der Waals surface area contributed by atoms with E-state index in [2.05, 4.69) is 41.1 Å². The van der Waals surface area contributed by atoms with Gasteiger partial charge in [-0.3, -0.25) is 4.79 Å². The maximum absolute atomic E-state index is 13.3. The van der Waals surface area contributed by atoms with E-state index in [0.29, 0.717) is 0 Å². The van der Waals surface area contributed by atoms with Gasteiger partial charge in [0.1, 0.15) is 0 Å². The Labute approximate surface area is 154 Å². The van der Waals surface area contributed by atoms with Gasteiger partial charge in [-0.15, -0.1) is 0 Å². The van der Waals surface area contributed by atoms with Crippen LogP contribution in [0.3, 0.4) is 0 Å². The molecule has 1 fully saturated rings. The van der Waals surface area contributed by atoms with Crippen molar-refractivity contribution in [2.75, 3.05) is 26.2 Å². The van der Waals surface area contributed by atoms with Crippen molar-refractivity contribution in [2.45, 2.75) is 6.92 Å². The van der Waals surface area contributed by atoms with E-state index >= 15 is 0 Å². The van der Waals surface area contributed by atoms with Gasteiger partial charge < -0.3 is 14.8 Å². The van der Waals surface area contributed by atoms with Gasteiger partial charge in [0.25, 0.3) is 5.91 Å². The van der Waals surface area contributed by atoms with E-state index in [1.165, 1.54) is 0 Å². The molecule has 1 aromatic heterocycles. The van der Waals surface area contributed by atoms with Crippen LogP contribution in [0, 0.1) is 6.92 Å². The van der Waals surface area contributed by atoms with Crippen LogP contribution >= 0.6 is 0 Å². The summed E-state index contributed by atoms with van der Waals surface area (Å²) in [6.45, 7) is 5.27. The monoisotopic (exact) mass is 345 g/mol. The molecule has 0 bridgehead atoms. The van der Waals surface area contributed by atoms with Gasteiger partial charge in [-0.1, -0.05) is 48.5 Å². The Morgan fingerprint density at radius 3 is 2.19 bits per heavy atom. The molecule has 2 aromatic carbocycles. The third kappa shape index (κ3) is 3.04. The van der Waals surface area contributed by atoms with Gasteiger partial charge in [0.2, 0.25) is 0 Å². The summed E-state index contributed by atoms with van der Waals surface area (Å²) in [6.07, 6.45) is 0. The summed E-state index contributed by atoms with van der Waals surface area (Å²) in [6, 6.07) is 22.4.